The van der Waals surface area contributed by atoms with Gasteiger partial charge in [0.1, 0.15) is 0 Å². The van der Waals surface area contributed by atoms with E-state index in [1.165, 1.54) is 35.7 Å². The van der Waals surface area contributed by atoms with Crippen molar-refractivity contribution in [1.82, 2.24) is 3.71 Å². The van der Waals surface area contributed by atoms with E-state index >= 15 is 0 Å². The van der Waals surface area contributed by atoms with Crippen LogP contribution in [0.15, 0.2) is 0 Å². The molecule has 0 aromatic heterocycles. The molecule has 9 N–H and O–H groups in total. The van der Waals surface area contributed by atoms with Gasteiger partial charge in [0, 0.05) is 0 Å². The molecule has 0 spiro atoms. The van der Waals surface area contributed by atoms with Crippen molar-refractivity contribution in [1.29, 1.82) is 0 Å². The van der Waals surface area contributed by atoms with E-state index in [4.69, 9.17) is 5.11 Å². The van der Waals surface area contributed by atoms with Gasteiger partial charge in [-0.25, -0.2) is 4.79 Å². The van der Waals surface area contributed by atoms with Crippen LogP contribution in [0.2, 0.25) is 0 Å². The minimum atomic E-state index is -1.18. The molecule has 0 aliphatic carbocycles. The predicted molar refractivity (Wildman–Crippen MR) is 144 cm³/mol. The molecule has 0 rings (SSSR count). The van der Waals surface area contributed by atoms with Crippen molar-refractivity contribution in [2.45, 2.75) is 13.8 Å². The zero-order chi connectivity index (χ0) is 21.4. The number of carboxylic acid groups (broad SMARTS) is 1. The third-order valence-corrected chi connectivity index (χ3v) is 0.513. The molecule has 0 aliphatic heterocycles. The number of amides is 1. The fourth-order valence-corrected chi connectivity index (χ4v) is 0. The normalized spacial score (nSPS) is 4.43. The average Bonchev–Trinajstić information content (AvgIpc) is 2.43. The summed E-state index contributed by atoms with van der Waals surface area (Å²) in [5, 5.41) is 7.76. The second kappa shape index (κ2) is 123. The van der Waals surface area contributed by atoms with Gasteiger partial charge in [0.25, 0.3) is 0 Å². The Morgan fingerprint density at radius 1 is 0.821 bits per heavy atom. The smallest absolute Gasteiger partial charge is 0.427 e. The molecular weight excluding hydrogens is 581 g/mol. The zero-order valence-electron chi connectivity index (χ0n) is 17.2. The van der Waals surface area contributed by atoms with Crippen molar-refractivity contribution >= 4 is 112 Å². The maximum absolute atomic E-state index is 9.47. The standard InChI is InChI=1S/2C2H4.CH3NO2S2.4CH2NS.4CH3.2Zn/c2*1-2;3-1(4)2(5)6;4*2-1-3;;;;;;/h2*1H,2H3;5-6H,(H,3,4);4*(H2,2,3);4*1H3;;/q;;;8*-1;;. The summed E-state index contributed by atoms with van der Waals surface area (Å²) in [5.41, 5.74) is 25.0. The van der Waals surface area contributed by atoms with Crippen LogP contribution in [-0.4, -0.2) is 46.1 Å². The largest absolute Gasteiger partial charge is 0.570 e. The van der Waals surface area contributed by atoms with E-state index in [0.717, 1.165) is 0 Å². The fraction of sp³-hybridized carbons (Fsp3) is 0.154. The fourth-order valence-electron chi connectivity index (χ4n) is 0. The van der Waals surface area contributed by atoms with Crippen molar-refractivity contribution in [3.63, 3.8) is 0 Å². The molecule has 28 heavy (non-hydrogen) atoms. The molecule has 0 atom stereocenters. The average molecular weight is 613 g/mol. The van der Waals surface area contributed by atoms with E-state index in [-0.39, 0.29) is 29.7 Å². The molecule has 0 saturated carbocycles. The zero-order valence-corrected chi connectivity index (χ0v) is 28.2. The molecule has 168 valence electrons. The second-order valence-corrected chi connectivity index (χ2v) is 7.34. The van der Waals surface area contributed by atoms with Gasteiger partial charge in [-0.3, -0.25) is 0 Å². The number of nitrogens with zero attached hydrogens (tertiary/aromatic N) is 1. The van der Waals surface area contributed by atoms with Crippen LogP contribution in [0.25, 0.3) is 0 Å². The van der Waals surface area contributed by atoms with Crippen LogP contribution in [-0.2, 0) is 35.7 Å². The minimum Gasteiger partial charge on any atom is -0.570 e. The van der Waals surface area contributed by atoms with Crippen LogP contribution < -0.4 is 22.9 Å². The second-order valence-electron chi connectivity index (χ2n) is 1.86. The quantitative estimate of drug-likeness (QED) is 0.0716. The van der Waals surface area contributed by atoms with E-state index in [2.05, 4.69) is 121 Å². The Hall–Kier alpha value is 0.517. The molecule has 0 aliphatic rings. The van der Waals surface area contributed by atoms with Crippen molar-refractivity contribution in [3.8, 4) is 0 Å². The van der Waals surface area contributed by atoms with Gasteiger partial charge >= 0.3 is 64.9 Å². The molecule has 15 heteroatoms. The van der Waals surface area contributed by atoms with Crippen molar-refractivity contribution in [3.05, 3.63) is 29.7 Å². The topological polar surface area (TPSA) is 145 Å². The van der Waals surface area contributed by atoms with Gasteiger partial charge in [-0.05, 0) is 25.6 Å². The maximum Gasteiger partial charge on any atom is 0.427 e. The van der Waals surface area contributed by atoms with Crippen LogP contribution in [0.4, 0.5) is 4.79 Å². The number of hydrogen-bond donors (Lipinski definition) is 7. The summed E-state index contributed by atoms with van der Waals surface area (Å²) in [5.74, 6) is 0. The van der Waals surface area contributed by atoms with E-state index < -0.39 is 6.09 Å². The van der Waals surface area contributed by atoms with Gasteiger partial charge in [-0.2, -0.15) is 3.71 Å². The molecule has 0 aromatic carbocycles. The number of thiol groups is 2. The van der Waals surface area contributed by atoms with E-state index in [0.29, 0.717) is 3.71 Å². The van der Waals surface area contributed by atoms with Gasteiger partial charge in [0.15, 0.2) is 0 Å². The molecule has 0 radical (unpaired) electrons. The van der Waals surface area contributed by atoms with E-state index in [9.17, 15) is 4.79 Å². The number of carbonyl (C=O) groups is 1. The van der Waals surface area contributed by atoms with E-state index in [1.807, 2.05) is 22.0 Å². The first-order valence-electron chi connectivity index (χ1n) is 4.99. The summed E-state index contributed by atoms with van der Waals surface area (Å²) >= 11 is 24.9. The van der Waals surface area contributed by atoms with Gasteiger partial charge in [0.2, 0.25) is 0 Å². The summed E-state index contributed by atoms with van der Waals surface area (Å²) in [4.78, 5) is 9.47. The Morgan fingerprint density at radius 3 is 0.857 bits per heavy atom. The molecule has 0 bridgehead atoms. The Labute approximate surface area is 225 Å². The van der Waals surface area contributed by atoms with Gasteiger partial charge < -0.3 is 129 Å². The van der Waals surface area contributed by atoms with Crippen molar-refractivity contribution in [2.75, 3.05) is 0 Å². The maximum atomic E-state index is 9.47. The summed E-state index contributed by atoms with van der Waals surface area (Å²) in [6.07, 6.45) is -1.18. The van der Waals surface area contributed by atoms with Crippen LogP contribution in [0.3, 0.4) is 0 Å². The van der Waals surface area contributed by atoms with Crippen LogP contribution in [0.1, 0.15) is 13.8 Å². The summed E-state index contributed by atoms with van der Waals surface area (Å²) in [7, 11) is 0. The van der Waals surface area contributed by atoms with Crippen molar-refractivity contribution < 1.29 is 45.6 Å². The summed E-state index contributed by atoms with van der Waals surface area (Å²) in [6, 6.07) is 0. The van der Waals surface area contributed by atoms with Crippen molar-refractivity contribution in [2.24, 2.45) is 22.9 Å². The molecule has 0 aromatic rings. The SMILES string of the molecule is C[CH]=[Zn].C[CH]=[Zn].N[C-]=S.N[C-]=S.N[C-]=S.N[C-]=S.O=C(O)N(S)S.[CH3-].[CH3-].[CH3-].[CH3-]. The number of thiocarbonyl (C=S) groups is 4. The number of rotatable bonds is 0. The van der Waals surface area contributed by atoms with Gasteiger partial charge in [-0.15, -0.1) is 0 Å². The monoisotopic (exact) mass is 609 g/mol. The third kappa shape index (κ3) is 846. The van der Waals surface area contributed by atoms with Gasteiger partial charge in [0.05, 0.1) is 0 Å². The van der Waals surface area contributed by atoms with E-state index in [1.54, 1.807) is 0 Å². The van der Waals surface area contributed by atoms with Crippen LogP contribution in [0.5, 0.6) is 0 Å². The first-order chi connectivity index (χ1) is 11.1. The molecule has 0 saturated heterocycles. The Morgan fingerprint density at radius 2 is 0.857 bits per heavy atom. The number of nitrogens with two attached hydrogens (primary N) is 4. The predicted octanol–water partition coefficient (Wildman–Crippen LogP) is 2.28. The van der Waals surface area contributed by atoms with Crippen LogP contribution >= 0.6 is 74.5 Å². The number of hydrogen-bond acceptors (Lipinski definition) is 7. The Bertz CT molecular complexity index is 248. The first kappa shape index (κ1) is 70.4. The Balaban J connectivity index is -0.0000000134. The molecule has 0 fully saturated rings. The molecule has 0 unspecified atom stereocenters. The molecule has 7 nitrogen and oxygen atoms in total. The molecule has 1 amide bonds. The summed E-state index contributed by atoms with van der Waals surface area (Å²) < 4.78 is 4.72. The minimum absolute atomic E-state index is 0. The molecular formula is C13H31N5O2S6Zn2-8. The molecule has 0 heterocycles. The van der Waals surface area contributed by atoms with Gasteiger partial charge in [-0.1, -0.05) is 0 Å². The van der Waals surface area contributed by atoms with Crippen LogP contribution in [0, 0.1) is 29.7 Å². The Kier molecular flexibility index (Phi) is 310. The third-order valence-electron chi connectivity index (χ3n) is 0.171. The summed E-state index contributed by atoms with van der Waals surface area (Å²) in [6.45, 7) is 4.11. The first-order valence-corrected chi connectivity index (χ1v) is 10.9.